The Morgan fingerprint density at radius 3 is 2.62 bits per heavy atom. The Balaban J connectivity index is 2.81. The van der Waals surface area contributed by atoms with Gasteiger partial charge in [-0.15, -0.1) is 0 Å². The van der Waals surface area contributed by atoms with Crippen LogP contribution in [0.2, 0.25) is 0 Å². The normalized spacial score (nSPS) is 31.3. The third kappa shape index (κ3) is 1.93. The molecule has 1 heterocycles. The second-order valence-corrected chi connectivity index (χ2v) is 4.56. The molecule has 2 nitrogen and oxygen atoms in total. The predicted octanol–water partition coefficient (Wildman–Crippen LogP) is 2.09. The first-order valence-electron chi connectivity index (χ1n) is 5.27. The quantitative estimate of drug-likeness (QED) is 0.653. The van der Waals surface area contributed by atoms with Gasteiger partial charge in [0.1, 0.15) is 5.78 Å². The van der Waals surface area contributed by atoms with Crippen LogP contribution in [0.3, 0.4) is 0 Å². The summed E-state index contributed by atoms with van der Waals surface area (Å²) < 4.78 is 0. The average Bonchev–Trinajstić information content (AvgIpc) is 2.04. The van der Waals surface area contributed by atoms with Crippen molar-refractivity contribution < 1.29 is 4.79 Å². The minimum Gasteiger partial charge on any atom is -0.300 e. The van der Waals surface area contributed by atoms with Crippen molar-refractivity contribution in [1.29, 1.82) is 0 Å². The summed E-state index contributed by atoms with van der Waals surface area (Å²) in [5, 5.41) is 0. The Hall–Kier alpha value is -0.370. The number of Topliss-reactive ketones (excluding diaryl/α,β-unsaturated/α-hetero) is 1. The Morgan fingerprint density at radius 2 is 2.15 bits per heavy atom. The zero-order valence-electron chi connectivity index (χ0n) is 9.26. The van der Waals surface area contributed by atoms with E-state index in [2.05, 4.69) is 32.6 Å². The van der Waals surface area contributed by atoms with Crippen molar-refractivity contribution in [3.8, 4) is 0 Å². The van der Waals surface area contributed by atoms with Crippen molar-refractivity contribution in [3.63, 3.8) is 0 Å². The molecule has 0 bridgehead atoms. The molecule has 1 saturated heterocycles. The third-order valence-corrected chi connectivity index (χ3v) is 3.56. The number of likely N-dealkylation sites (tertiary alicyclic amines) is 1. The van der Waals surface area contributed by atoms with Gasteiger partial charge in [0.15, 0.2) is 0 Å². The van der Waals surface area contributed by atoms with Gasteiger partial charge in [-0.2, -0.15) is 0 Å². The second-order valence-electron chi connectivity index (χ2n) is 4.56. The van der Waals surface area contributed by atoms with E-state index in [0.29, 0.717) is 11.7 Å². The number of carbonyl (C=O) groups excluding carboxylic acids is 1. The molecule has 13 heavy (non-hydrogen) atoms. The summed E-state index contributed by atoms with van der Waals surface area (Å²) in [6, 6.07) is 0. The molecule has 76 valence electrons. The molecule has 2 heteroatoms. The average molecular weight is 183 g/mol. The first-order chi connectivity index (χ1) is 6.00. The monoisotopic (exact) mass is 183 g/mol. The van der Waals surface area contributed by atoms with Crippen LogP contribution in [0.1, 0.15) is 40.5 Å². The fourth-order valence-electron chi connectivity index (χ4n) is 2.20. The Bertz CT molecular complexity index is 200. The highest BCUT2D eigenvalue weighted by molar-refractivity contribution is 5.80. The summed E-state index contributed by atoms with van der Waals surface area (Å²) in [7, 11) is 0. The number of hydrogen-bond donors (Lipinski definition) is 0. The number of piperidine rings is 1. The van der Waals surface area contributed by atoms with E-state index >= 15 is 0 Å². The lowest BCUT2D eigenvalue weighted by Gasteiger charge is -2.46. The van der Waals surface area contributed by atoms with Crippen LogP contribution < -0.4 is 0 Å². The lowest BCUT2D eigenvalue weighted by atomic mass is 9.79. The molecule has 0 aromatic heterocycles. The van der Waals surface area contributed by atoms with E-state index in [1.807, 2.05) is 0 Å². The maximum Gasteiger partial charge on any atom is 0.136 e. The number of carbonyl (C=O) groups is 1. The SMILES string of the molecule is CCN1CCC(=O)CC1(C)C(C)C. The molecule has 1 rings (SSSR count). The number of nitrogens with zero attached hydrogens (tertiary/aromatic N) is 1. The van der Waals surface area contributed by atoms with Crippen molar-refractivity contribution in [2.45, 2.75) is 46.1 Å². The van der Waals surface area contributed by atoms with Gasteiger partial charge in [0.25, 0.3) is 0 Å². The summed E-state index contributed by atoms with van der Waals surface area (Å²) in [5.41, 5.74) is 0.101. The predicted molar refractivity (Wildman–Crippen MR) is 54.7 cm³/mol. The fraction of sp³-hybridized carbons (Fsp3) is 0.909. The topological polar surface area (TPSA) is 20.3 Å². The molecule has 0 amide bonds. The maximum absolute atomic E-state index is 11.4. The fourth-order valence-corrected chi connectivity index (χ4v) is 2.20. The first kappa shape index (κ1) is 10.7. The number of ketones is 1. The van der Waals surface area contributed by atoms with E-state index in [1.54, 1.807) is 0 Å². The Labute approximate surface area is 81.3 Å². The molecule has 1 aliphatic heterocycles. The summed E-state index contributed by atoms with van der Waals surface area (Å²) in [5.74, 6) is 0.984. The van der Waals surface area contributed by atoms with Gasteiger partial charge in [0.2, 0.25) is 0 Å². The van der Waals surface area contributed by atoms with Gasteiger partial charge in [0, 0.05) is 24.9 Å². The summed E-state index contributed by atoms with van der Waals surface area (Å²) >= 11 is 0. The molecule has 1 aliphatic rings. The lowest BCUT2D eigenvalue weighted by Crippen LogP contribution is -2.55. The van der Waals surface area contributed by atoms with Crippen molar-refractivity contribution in [1.82, 2.24) is 4.90 Å². The van der Waals surface area contributed by atoms with Gasteiger partial charge in [-0.1, -0.05) is 20.8 Å². The lowest BCUT2D eigenvalue weighted by molar-refractivity contribution is -0.127. The van der Waals surface area contributed by atoms with E-state index in [0.717, 1.165) is 25.9 Å². The molecular formula is C11H21NO. The Morgan fingerprint density at radius 1 is 1.54 bits per heavy atom. The van der Waals surface area contributed by atoms with Crippen LogP contribution in [0.25, 0.3) is 0 Å². The molecule has 0 radical (unpaired) electrons. The van der Waals surface area contributed by atoms with Crippen LogP contribution in [0, 0.1) is 5.92 Å². The van der Waals surface area contributed by atoms with Gasteiger partial charge in [-0.05, 0) is 19.4 Å². The summed E-state index contributed by atoms with van der Waals surface area (Å²) in [6.07, 6.45) is 1.48. The molecule has 1 fully saturated rings. The molecule has 1 atom stereocenters. The van der Waals surface area contributed by atoms with Crippen LogP contribution in [-0.2, 0) is 4.79 Å². The molecule has 0 aromatic rings. The second kappa shape index (κ2) is 3.79. The first-order valence-corrected chi connectivity index (χ1v) is 5.27. The van der Waals surface area contributed by atoms with E-state index in [1.165, 1.54) is 0 Å². The third-order valence-electron chi connectivity index (χ3n) is 3.56. The van der Waals surface area contributed by atoms with Crippen LogP contribution in [0.5, 0.6) is 0 Å². The van der Waals surface area contributed by atoms with Gasteiger partial charge < -0.3 is 0 Å². The summed E-state index contributed by atoms with van der Waals surface area (Å²) in [4.78, 5) is 13.9. The van der Waals surface area contributed by atoms with Crippen molar-refractivity contribution in [3.05, 3.63) is 0 Å². The van der Waals surface area contributed by atoms with E-state index in [9.17, 15) is 4.79 Å². The highest BCUT2D eigenvalue weighted by atomic mass is 16.1. The summed E-state index contributed by atoms with van der Waals surface area (Å²) in [6.45, 7) is 10.8. The zero-order chi connectivity index (χ0) is 10.1. The van der Waals surface area contributed by atoms with Crippen molar-refractivity contribution in [2.24, 2.45) is 5.92 Å². The largest absolute Gasteiger partial charge is 0.300 e. The standard InChI is InChI=1S/C11H21NO/c1-5-12-7-6-10(13)8-11(12,4)9(2)3/h9H,5-8H2,1-4H3. The Kier molecular flexibility index (Phi) is 3.12. The van der Waals surface area contributed by atoms with E-state index < -0.39 is 0 Å². The smallest absolute Gasteiger partial charge is 0.136 e. The number of hydrogen-bond acceptors (Lipinski definition) is 2. The van der Waals surface area contributed by atoms with Crippen LogP contribution in [0.4, 0.5) is 0 Å². The van der Waals surface area contributed by atoms with Crippen LogP contribution in [-0.4, -0.2) is 29.3 Å². The minimum absolute atomic E-state index is 0.101. The van der Waals surface area contributed by atoms with Crippen molar-refractivity contribution in [2.75, 3.05) is 13.1 Å². The molecule has 0 aromatic carbocycles. The van der Waals surface area contributed by atoms with Gasteiger partial charge in [0.05, 0.1) is 0 Å². The zero-order valence-corrected chi connectivity index (χ0v) is 9.26. The maximum atomic E-state index is 11.4. The number of rotatable bonds is 2. The van der Waals surface area contributed by atoms with Crippen molar-refractivity contribution >= 4 is 5.78 Å². The highest BCUT2D eigenvalue weighted by Crippen LogP contribution is 2.32. The molecular weight excluding hydrogens is 162 g/mol. The van der Waals surface area contributed by atoms with Crippen LogP contribution in [0.15, 0.2) is 0 Å². The minimum atomic E-state index is 0.101. The molecule has 0 saturated carbocycles. The van der Waals surface area contributed by atoms with E-state index in [4.69, 9.17) is 0 Å². The van der Waals surface area contributed by atoms with Gasteiger partial charge in [-0.25, -0.2) is 0 Å². The van der Waals surface area contributed by atoms with E-state index in [-0.39, 0.29) is 5.54 Å². The van der Waals surface area contributed by atoms with Crippen LogP contribution >= 0.6 is 0 Å². The van der Waals surface area contributed by atoms with Gasteiger partial charge in [-0.3, -0.25) is 9.69 Å². The molecule has 1 unspecified atom stereocenters. The molecule has 0 aliphatic carbocycles. The molecule has 0 spiro atoms. The van der Waals surface area contributed by atoms with Gasteiger partial charge >= 0.3 is 0 Å². The molecule has 0 N–H and O–H groups in total. The highest BCUT2D eigenvalue weighted by Gasteiger charge is 2.39.